The Morgan fingerprint density at radius 3 is 2.11 bits per heavy atom. The number of aryl methyl sites for hydroxylation is 1. The monoisotopic (exact) mass is 532 g/mol. The Morgan fingerprint density at radius 2 is 1.55 bits per heavy atom. The predicted octanol–water partition coefficient (Wildman–Crippen LogP) is 0.859. The molecule has 2 rings (SSSR count). The molecule has 14 heteroatoms. The van der Waals surface area contributed by atoms with Crippen LogP contribution < -0.4 is 16.0 Å². The van der Waals surface area contributed by atoms with Gasteiger partial charge in [-0.1, -0.05) is 24.3 Å². The Balaban J connectivity index is 1.73. The van der Waals surface area contributed by atoms with Gasteiger partial charge in [0.05, 0.1) is 12.2 Å². The summed E-state index contributed by atoms with van der Waals surface area (Å²) in [6.45, 7) is 2.81. The highest BCUT2D eigenvalue weighted by atomic mass is 16.4. The topological polar surface area (TPSA) is 213 Å². The number of rotatable bonds is 16. The van der Waals surface area contributed by atoms with Crippen LogP contribution in [0.3, 0.4) is 0 Å². The molecule has 14 nitrogen and oxygen atoms in total. The number of amides is 3. The SMILES string of the molecule is CCc1cn(Cc2ccc(C(=O)NCCCC[C@H](NC(=O)N[C@@H](CCC(=O)O)C(=O)O)C(=O)O)cc2)nn1. The van der Waals surface area contributed by atoms with E-state index in [1.807, 2.05) is 25.3 Å². The van der Waals surface area contributed by atoms with E-state index in [4.69, 9.17) is 10.2 Å². The van der Waals surface area contributed by atoms with Gasteiger partial charge in [-0.05, 0) is 49.8 Å². The molecule has 0 spiro atoms. The molecule has 0 bridgehead atoms. The van der Waals surface area contributed by atoms with Crippen LogP contribution in [-0.2, 0) is 27.3 Å². The fourth-order valence-corrected chi connectivity index (χ4v) is 3.44. The summed E-state index contributed by atoms with van der Waals surface area (Å²) < 4.78 is 1.72. The number of nitrogens with zero attached hydrogens (tertiary/aromatic N) is 3. The number of aliphatic carboxylic acids is 3. The summed E-state index contributed by atoms with van der Waals surface area (Å²) >= 11 is 0. The van der Waals surface area contributed by atoms with Crippen molar-refractivity contribution in [1.29, 1.82) is 0 Å². The summed E-state index contributed by atoms with van der Waals surface area (Å²) in [5, 5.41) is 42.2. The largest absolute Gasteiger partial charge is 0.481 e. The van der Waals surface area contributed by atoms with Crippen molar-refractivity contribution >= 4 is 29.8 Å². The van der Waals surface area contributed by atoms with Crippen LogP contribution in [0.25, 0.3) is 0 Å². The lowest BCUT2D eigenvalue weighted by Crippen LogP contribution is -2.51. The Bertz CT molecular complexity index is 1120. The molecule has 1 aromatic carbocycles. The highest BCUT2D eigenvalue weighted by Gasteiger charge is 2.24. The molecule has 2 atom stereocenters. The maximum absolute atomic E-state index is 12.4. The number of hydrogen-bond donors (Lipinski definition) is 6. The molecule has 0 saturated heterocycles. The van der Waals surface area contributed by atoms with E-state index in [-0.39, 0.29) is 25.3 Å². The molecule has 0 fully saturated rings. The summed E-state index contributed by atoms with van der Waals surface area (Å²) in [7, 11) is 0. The zero-order valence-electron chi connectivity index (χ0n) is 20.9. The van der Waals surface area contributed by atoms with Crippen LogP contribution in [0.4, 0.5) is 4.79 Å². The lowest BCUT2D eigenvalue weighted by Gasteiger charge is -2.18. The number of carboxylic acids is 3. The molecule has 38 heavy (non-hydrogen) atoms. The first-order valence-electron chi connectivity index (χ1n) is 12.1. The van der Waals surface area contributed by atoms with Crippen molar-refractivity contribution in [3.8, 4) is 0 Å². The first-order chi connectivity index (χ1) is 18.1. The standard InChI is InChI=1S/C24H32N6O8/c1-2-17-14-30(29-28-17)13-15-6-8-16(9-7-15)21(33)25-12-4-3-5-18(22(34)35)26-24(38)27-19(23(36)37)10-11-20(31)32/h6-9,14,18-19H,2-5,10-13H2,1H3,(H,25,33)(H,31,32)(H,34,35)(H,36,37)(H2,26,27,38)/t18-,19-/m0/s1. The van der Waals surface area contributed by atoms with Crippen LogP contribution in [0, 0.1) is 0 Å². The molecule has 0 radical (unpaired) electrons. The van der Waals surface area contributed by atoms with Crippen molar-refractivity contribution in [2.24, 2.45) is 0 Å². The Hall–Kier alpha value is -4.49. The van der Waals surface area contributed by atoms with Crippen molar-refractivity contribution < 1.29 is 39.3 Å². The van der Waals surface area contributed by atoms with Crippen LogP contribution in [0.2, 0.25) is 0 Å². The summed E-state index contributed by atoms with van der Waals surface area (Å²) in [6.07, 6.45) is 2.69. The average molecular weight is 533 g/mol. The third-order valence-electron chi connectivity index (χ3n) is 5.57. The molecule has 1 aromatic heterocycles. The minimum absolute atomic E-state index is 0.0439. The number of urea groups is 1. The second-order valence-corrected chi connectivity index (χ2v) is 8.54. The van der Waals surface area contributed by atoms with Gasteiger partial charge < -0.3 is 31.3 Å². The van der Waals surface area contributed by atoms with Crippen molar-refractivity contribution in [2.75, 3.05) is 6.54 Å². The number of carboxylic acid groups (broad SMARTS) is 3. The third-order valence-corrected chi connectivity index (χ3v) is 5.57. The van der Waals surface area contributed by atoms with Gasteiger partial charge in [0.25, 0.3) is 5.91 Å². The van der Waals surface area contributed by atoms with Crippen LogP contribution in [0.15, 0.2) is 30.5 Å². The molecular formula is C24H32N6O8. The Kier molecular flexibility index (Phi) is 11.7. The lowest BCUT2D eigenvalue weighted by atomic mass is 10.1. The van der Waals surface area contributed by atoms with E-state index < -0.39 is 42.4 Å². The summed E-state index contributed by atoms with van der Waals surface area (Å²) in [5.41, 5.74) is 2.33. The quantitative estimate of drug-likeness (QED) is 0.168. The minimum atomic E-state index is -1.47. The maximum Gasteiger partial charge on any atom is 0.326 e. The van der Waals surface area contributed by atoms with Gasteiger partial charge in [0.15, 0.2) is 0 Å². The predicted molar refractivity (Wildman–Crippen MR) is 133 cm³/mol. The molecule has 0 saturated carbocycles. The fraction of sp³-hybridized carbons (Fsp3) is 0.458. The summed E-state index contributed by atoms with van der Waals surface area (Å²) in [6, 6.07) is 3.27. The van der Waals surface area contributed by atoms with Crippen LogP contribution in [-0.4, -0.2) is 78.8 Å². The van der Waals surface area contributed by atoms with Crippen LogP contribution in [0.5, 0.6) is 0 Å². The molecular weight excluding hydrogens is 500 g/mol. The summed E-state index contributed by atoms with van der Waals surface area (Å²) in [5.74, 6) is -4.24. The van der Waals surface area contributed by atoms with Gasteiger partial charge in [0.2, 0.25) is 0 Å². The van der Waals surface area contributed by atoms with Crippen LogP contribution in [0.1, 0.15) is 60.6 Å². The van der Waals surface area contributed by atoms with Gasteiger partial charge in [0, 0.05) is 24.7 Å². The van der Waals surface area contributed by atoms with E-state index in [9.17, 15) is 29.1 Å². The van der Waals surface area contributed by atoms with Gasteiger partial charge in [-0.25, -0.2) is 19.1 Å². The zero-order chi connectivity index (χ0) is 28.1. The Morgan fingerprint density at radius 1 is 0.921 bits per heavy atom. The summed E-state index contributed by atoms with van der Waals surface area (Å²) in [4.78, 5) is 57.7. The van der Waals surface area contributed by atoms with E-state index in [1.165, 1.54) is 0 Å². The normalized spacial score (nSPS) is 12.2. The van der Waals surface area contributed by atoms with Crippen LogP contribution >= 0.6 is 0 Å². The van der Waals surface area contributed by atoms with Crippen molar-refractivity contribution in [2.45, 2.75) is 64.1 Å². The molecule has 0 aliphatic carbocycles. The maximum atomic E-state index is 12.4. The highest BCUT2D eigenvalue weighted by Crippen LogP contribution is 2.08. The molecule has 1 heterocycles. The molecule has 3 amide bonds. The van der Waals surface area contributed by atoms with Gasteiger partial charge in [-0.2, -0.15) is 0 Å². The van der Waals surface area contributed by atoms with Crippen molar-refractivity contribution in [3.05, 3.63) is 47.3 Å². The number of hydrogen-bond acceptors (Lipinski definition) is 7. The number of carbonyl (C=O) groups is 5. The average Bonchev–Trinajstić information content (AvgIpc) is 3.33. The molecule has 0 aliphatic heterocycles. The van der Waals surface area contributed by atoms with E-state index in [2.05, 4.69) is 26.3 Å². The minimum Gasteiger partial charge on any atom is -0.481 e. The first-order valence-corrected chi connectivity index (χ1v) is 12.1. The number of benzene rings is 1. The molecule has 206 valence electrons. The second-order valence-electron chi connectivity index (χ2n) is 8.54. The van der Waals surface area contributed by atoms with Gasteiger partial charge in [-0.15, -0.1) is 5.10 Å². The second kappa shape index (κ2) is 14.9. The van der Waals surface area contributed by atoms with E-state index in [0.717, 1.165) is 17.7 Å². The third kappa shape index (κ3) is 10.2. The van der Waals surface area contributed by atoms with Crippen molar-refractivity contribution in [1.82, 2.24) is 30.9 Å². The van der Waals surface area contributed by atoms with Gasteiger partial charge in [0.1, 0.15) is 12.1 Å². The van der Waals surface area contributed by atoms with Gasteiger partial charge >= 0.3 is 23.9 Å². The smallest absolute Gasteiger partial charge is 0.326 e. The van der Waals surface area contributed by atoms with E-state index in [1.54, 1.807) is 16.8 Å². The number of aromatic nitrogens is 3. The lowest BCUT2D eigenvalue weighted by molar-refractivity contribution is -0.140. The fourth-order valence-electron chi connectivity index (χ4n) is 3.44. The number of carbonyl (C=O) groups excluding carboxylic acids is 2. The molecule has 2 aromatic rings. The first kappa shape index (κ1) is 29.7. The number of unbranched alkanes of at least 4 members (excludes halogenated alkanes) is 1. The molecule has 6 N–H and O–H groups in total. The van der Waals surface area contributed by atoms with E-state index >= 15 is 0 Å². The molecule has 0 aliphatic rings. The zero-order valence-corrected chi connectivity index (χ0v) is 20.9. The Labute approximate surface area is 218 Å². The van der Waals surface area contributed by atoms with Gasteiger partial charge in [-0.3, -0.25) is 9.59 Å². The van der Waals surface area contributed by atoms with Crippen molar-refractivity contribution in [3.63, 3.8) is 0 Å². The van der Waals surface area contributed by atoms with E-state index in [0.29, 0.717) is 24.9 Å². The highest BCUT2D eigenvalue weighted by molar-refractivity contribution is 5.94. The molecule has 0 unspecified atom stereocenters. The number of nitrogens with one attached hydrogen (secondary N) is 3.